The normalized spacial score (nSPS) is 39.5. The second kappa shape index (κ2) is 5.80. The van der Waals surface area contributed by atoms with Crippen molar-refractivity contribution in [2.75, 3.05) is 25.5 Å². The average Bonchev–Trinajstić information content (AvgIpc) is 3.24. The van der Waals surface area contributed by atoms with E-state index in [1.165, 1.54) is 12.7 Å². The molecule has 5 atom stereocenters. The van der Waals surface area contributed by atoms with E-state index < -0.39 is 6.17 Å². The van der Waals surface area contributed by atoms with Crippen molar-refractivity contribution in [2.45, 2.75) is 48.6 Å². The molecule has 27 heavy (non-hydrogen) atoms. The zero-order valence-corrected chi connectivity index (χ0v) is 17.2. The van der Waals surface area contributed by atoms with Crippen molar-refractivity contribution in [1.29, 1.82) is 0 Å². The number of nitrogens with one attached hydrogen (secondary N) is 1. The average molecular weight is 435 g/mol. The van der Waals surface area contributed by atoms with Crippen molar-refractivity contribution < 1.29 is 13.9 Å². The van der Waals surface area contributed by atoms with E-state index in [0.29, 0.717) is 18.5 Å². The molecule has 0 bridgehead atoms. The summed E-state index contributed by atoms with van der Waals surface area (Å²) in [5, 5.41) is 3.56. The van der Waals surface area contributed by atoms with Gasteiger partial charge >= 0.3 is 5.97 Å². The number of nitrogens with zero attached hydrogens (tertiary/aromatic N) is 1. The molecule has 2 fully saturated rings. The molecule has 5 rings (SSSR count). The minimum absolute atomic E-state index is 0.172. The monoisotopic (exact) mass is 434 g/mol. The van der Waals surface area contributed by atoms with Crippen LogP contribution in [0.3, 0.4) is 0 Å². The summed E-state index contributed by atoms with van der Waals surface area (Å²) in [7, 11) is 1.43. The van der Waals surface area contributed by atoms with Crippen molar-refractivity contribution >= 4 is 27.6 Å². The summed E-state index contributed by atoms with van der Waals surface area (Å²) in [5.41, 5.74) is 3.34. The molecular weight excluding hydrogens is 411 g/mol. The molecule has 1 aromatic rings. The summed E-state index contributed by atoms with van der Waals surface area (Å²) in [4.78, 5) is 14.9. The number of alkyl halides is 2. The minimum atomic E-state index is -0.943. The number of hydrogen-bond acceptors (Lipinski definition) is 4. The topological polar surface area (TPSA) is 41.6 Å². The first-order valence-electron chi connectivity index (χ1n) is 9.70. The van der Waals surface area contributed by atoms with Crippen LogP contribution in [0.15, 0.2) is 35.5 Å². The van der Waals surface area contributed by atoms with E-state index in [2.05, 4.69) is 51.3 Å². The smallest absolute Gasteiger partial charge is 0.335 e. The third-order valence-corrected chi connectivity index (χ3v) is 8.94. The Hall–Kier alpha value is -1.40. The van der Waals surface area contributed by atoms with Gasteiger partial charge in [0.25, 0.3) is 0 Å². The second-order valence-electron chi connectivity index (χ2n) is 8.32. The van der Waals surface area contributed by atoms with Crippen LogP contribution in [-0.2, 0) is 14.9 Å². The number of hydrogen-bond donors (Lipinski definition) is 1. The van der Waals surface area contributed by atoms with Gasteiger partial charge in [0.05, 0.1) is 22.9 Å². The summed E-state index contributed by atoms with van der Waals surface area (Å²) in [5.74, 6) is -0.296. The standard InChI is InChI=1S/C21H24BrFN2O2/c1-3-20-10-12(18(26)27-2)17-21(13-6-4-5-7-15(13)24-17)8-9-25(19(20)21)11-14(23)16(20)22/h4-7,14,16,19,24H,3,8-11H2,1-2H3/t14-,16+,19+,20-,21+/m1/s1. The van der Waals surface area contributed by atoms with Gasteiger partial charge in [-0.05, 0) is 37.4 Å². The van der Waals surface area contributed by atoms with Gasteiger partial charge in [-0.15, -0.1) is 0 Å². The number of fused-ring (bicyclic) bond motifs is 1. The van der Waals surface area contributed by atoms with Crippen molar-refractivity contribution in [2.24, 2.45) is 5.41 Å². The fourth-order valence-corrected chi connectivity index (χ4v) is 7.35. The molecule has 1 spiro atoms. The highest BCUT2D eigenvalue weighted by Crippen LogP contribution is 2.66. The number of rotatable bonds is 2. The maximum Gasteiger partial charge on any atom is 0.335 e. The van der Waals surface area contributed by atoms with Crippen molar-refractivity contribution in [3.8, 4) is 0 Å². The number of esters is 1. The van der Waals surface area contributed by atoms with Crippen LogP contribution in [-0.4, -0.2) is 48.1 Å². The highest BCUT2D eigenvalue weighted by molar-refractivity contribution is 9.09. The van der Waals surface area contributed by atoms with Gasteiger partial charge in [-0.2, -0.15) is 0 Å². The van der Waals surface area contributed by atoms with E-state index in [1.807, 2.05) is 6.07 Å². The lowest BCUT2D eigenvalue weighted by molar-refractivity contribution is -0.137. The molecule has 0 radical (unpaired) electrons. The molecular formula is C21H24BrFN2O2. The van der Waals surface area contributed by atoms with Crippen LogP contribution in [0.1, 0.15) is 31.7 Å². The van der Waals surface area contributed by atoms with Gasteiger partial charge in [0.1, 0.15) is 6.17 Å². The van der Waals surface area contributed by atoms with Crippen LogP contribution >= 0.6 is 15.9 Å². The van der Waals surface area contributed by atoms with Crippen molar-refractivity contribution in [3.05, 3.63) is 41.1 Å². The van der Waals surface area contributed by atoms with E-state index in [0.717, 1.165) is 30.8 Å². The molecule has 6 heteroatoms. The number of carbonyl (C=O) groups excluding carboxylic acids is 1. The molecule has 0 unspecified atom stereocenters. The molecule has 1 N–H and O–H groups in total. The van der Waals surface area contributed by atoms with Gasteiger partial charge in [-0.25, -0.2) is 9.18 Å². The minimum Gasteiger partial charge on any atom is -0.466 e. The SMILES string of the molecule is CC[C@@]12CC(C(=O)OC)=C3Nc4ccccc4[C@@]34CCN(C[C@@H](F)[C@@H]1Br)[C@@H]24. The Kier molecular flexibility index (Phi) is 3.80. The number of carbonyl (C=O) groups is 1. The highest BCUT2D eigenvalue weighted by Gasteiger charge is 2.69. The lowest BCUT2D eigenvalue weighted by Crippen LogP contribution is -2.66. The molecule has 3 aliphatic heterocycles. The third kappa shape index (κ3) is 1.98. The zero-order valence-electron chi connectivity index (χ0n) is 15.6. The summed E-state index contributed by atoms with van der Waals surface area (Å²) < 4.78 is 20.2. The third-order valence-electron chi connectivity index (χ3n) is 7.46. The Labute approximate surface area is 167 Å². The number of methoxy groups -OCH3 is 1. The Bertz CT molecular complexity index is 858. The number of ether oxygens (including phenoxy) is 1. The number of halogens is 2. The van der Waals surface area contributed by atoms with Gasteiger partial charge in [-0.1, -0.05) is 41.1 Å². The molecule has 1 aliphatic carbocycles. The number of piperidine rings is 1. The van der Waals surface area contributed by atoms with Crippen LogP contribution in [0.5, 0.6) is 0 Å². The molecule has 0 amide bonds. The molecule has 0 saturated carbocycles. The molecule has 4 aliphatic rings. The van der Waals surface area contributed by atoms with E-state index in [-0.39, 0.29) is 27.7 Å². The zero-order chi connectivity index (χ0) is 19.0. The van der Waals surface area contributed by atoms with Crippen molar-refractivity contribution in [1.82, 2.24) is 4.90 Å². The number of para-hydroxylation sites is 1. The molecule has 1 aromatic carbocycles. The van der Waals surface area contributed by atoms with E-state index >= 15 is 4.39 Å². The predicted octanol–water partition coefficient (Wildman–Crippen LogP) is 3.77. The maximum absolute atomic E-state index is 15.0. The molecule has 0 aromatic heterocycles. The molecule has 2 saturated heterocycles. The number of anilines is 1. The lowest BCUT2D eigenvalue weighted by Gasteiger charge is -2.58. The molecule has 3 heterocycles. The highest BCUT2D eigenvalue weighted by atomic mass is 79.9. The van der Waals surface area contributed by atoms with Gasteiger partial charge in [0.15, 0.2) is 0 Å². The fourth-order valence-electron chi connectivity index (χ4n) is 6.45. The van der Waals surface area contributed by atoms with Crippen LogP contribution < -0.4 is 5.32 Å². The van der Waals surface area contributed by atoms with Crippen LogP contribution in [0.4, 0.5) is 10.1 Å². The van der Waals surface area contributed by atoms with Crippen LogP contribution in [0.25, 0.3) is 0 Å². The Morgan fingerprint density at radius 2 is 2.22 bits per heavy atom. The van der Waals surface area contributed by atoms with Gasteiger partial charge in [0.2, 0.25) is 0 Å². The molecule has 144 valence electrons. The summed E-state index contributed by atoms with van der Waals surface area (Å²) in [6, 6.07) is 8.50. The van der Waals surface area contributed by atoms with Crippen molar-refractivity contribution in [3.63, 3.8) is 0 Å². The fraction of sp³-hybridized carbons (Fsp3) is 0.571. The Balaban J connectivity index is 1.82. The lowest BCUT2D eigenvalue weighted by atomic mass is 9.53. The van der Waals surface area contributed by atoms with Gasteiger partial charge in [-0.3, -0.25) is 4.90 Å². The quantitative estimate of drug-likeness (QED) is 0.568. The first kappa shape index (κ1) is 17.7. The van der Waals surface area contributed by atoms with E-state index in [1.54, 1.807) is 0 Å². The largest absolute Gasteiger partial charge is 0.466 e. The van der Waals surface area contributed by atoms with Gasteiger partial charge < -0.3 is 10.1 Å². The van der Waals surface area contributed by atoms with Crippen LogP contribution in [0.2, 0.25) is 0 Å². The Morgan fingerprint density at radius 1 is 1.44 bits per heavy atom. The van der Waals surface area contributed by atoms with E-state index in [4.69, 9.17) is 4.74 Å². The summed E-state index contributed by atoms with van der Waals surface area (Å²) in [6.45, 7) is 3.43. The first-order chi connectivity index (χ1) is 13.0. The first-order valence-corrected chi connectivity index (χ1v) is 10.6. The maximum atomic E-state index is 15.0. The number of benzene rings is 1. The van der Waals surface area contributed by atoms with Crippen LogP contribution in [0, 0.1) is 5.41 Å². The van der Waals surface area contributed by atoms with Gasteiger partial charge in [0, 0.05) is 29.4 Å². The Morgan fingerprint density at radius 3 is 2.96 bits per heavy atom. The van der Waals surface area contributed by atoms with E-state index in [9.17, 15) is 4.79 Å². The molecule has 4 nitrogen and oxygen atoms in total. The summed E-state index contributed by atoms with van der Waals surface area (Å²) >= 11 is 3.73. The summed E-state index contributed by atoms with van der Waals surface area (Å²) in [6.07, 6.45) is 1.29. The second-order valence-corrected chi connectivity index (χ2v) is 9.30. The predicted molar refractivity (Wildman–Crippen MR) is 106 cm³/mol.